The minimum atomic E-state index is -0.0948. The van der Waals surface area contributed by atoms with Crippen molar-refractivity contribution in [2.45, 2.75) is 51.1 Å². The maximum absolute atomic E-state index is 12.3. The summed E-state index contributed by atoms with van der Waals surface area (Å²) in [5.41, 5.74) is 0.634. The second kappa shape index (κ2) is 9.15. The smallest absolute Gasteiger partial charge is 0.315 e. The molecule has 1 aliphatic rings. The molecule has 0 spiro atoms. The zero-order valence-electron chi connectivity index (χ0n) is 14.4. The molecule has 3 N–H and O–H groups in total. The number of urea groups is 1. The van der Waals surface area contributed by atoms with Crippen molar-refractivity contribution in [1.82, 2.24) is 16.0 Å². The Hall–Kier alpha value is -2.24. The van der Waals surface area contributed by atoms with Crippen LogP contribution in [0.25, 0.3) is 0 Å². The molecule has 1 saturated carbocycles. The number of hydrogen-bond acceptors (Lipinski definition) is 3. The average Bonchev–Trinajstić information content (AvgIpc) is 2.61. The summed E-state index contributed by atoms with van der Waals surface area (Å²) >= 11 is 0. The molecule has 24 heavy (non-hydrogen) atoms. The van der Waals surface area contributed by atoms with Crippen LogP contribution in [0.2, 0.25) is 0 Å². The van der Waals surface area contributed by atoms with E-state index in [1.165, 1.54) is 0 Å². The van der Waals surface area contributed by atoms with Gasteiger partial charge in [0.15, 0.2) is 0 Å². The van der Waals surface area contributed by atoms with E-state index in [4.69, 9.17) is 4.74 Å². The Kier molecular flexibility index (Phi) is 6.90. The molecule has 0 unspecified atom stereocenters. The lowest BCUT2D eigenvalue weighted by Gasteiger charge is -2.29. The number of benzene rings is 1. The second-order valence-electron chi connectivity index (χ2n) is 6.15. The maximum Gasteiger partial charge on any atom is 0.315 e. The van der Waals surface area contributed by atoms with Gasteiger partial charge in [-0.15, -0.1) is 0 Å². The molecule has 3 amide bonds. The van der Waals surface area contributed by atoms with E-state index in [2.05, 4.69) is 16.0 Å². The number of ether oxygens (including phenoxy) is 1. The van der Waals surface area contributed by atoms with E-state index in [0.717, 1.165) is 37.9 Å². The lowest BCUT2D eigenvalue weighted by molar-refractivity contribution is 0.0924. The van der Waals surface area contributed by atoms with Gasteiger partial charge in [0, 0.05) is 24.2 Å². The molecule has 1 aromatic rings. The average molecular weight is 333 g/mol. The molecule has 0 aromatic heterocycles. The van der Waals surface area contributed by atoms with Crippen molar-refractivity contribution >= 4 is 11.9 Å². The van der Waals surface area contributed by atoms with Crippen molar-refractivity contribution in [3.05, 3.63) is 29.8 Å². The summed E-state index contributed by atoms with van der Waals surface area (Å²) in [6.07, 6.45) is 4.44. The number of carbonyl (C=O) groups is 2. The van der Waals surface area contributed by atoms with Crippen molar-refractivity contribution in [3.63, 3.8) is 0 Å². The Bertz CT molecular complexity index is 537. The van der Waals surface area contributed by atoms with Gasteiger partial charge in [-0.1, -0.05) is 6.92 Å². The Balaban J connectivity index is 1.74. The SMILES string of the molecule is CCCNC(=O)NC1CCC(NC(=O)c2ccc(OC)cc2)CC1. The molecule has 0 saturated heterocycles. The second-order valence-corrected chi connectivity index (χ2v) is 6.15. The first-order valence-corrected chi connectivity index (χ1v) is 8.61. The molecule has 132 valence electrons. The minimum absolute atomic E-state index is 0.0604. The van der Waals surface area contributed by atoms with Gasteiger partial charge in [-0.2, -0.15) is 0 Å². The predicted octanol–water partition coefficient (Wildman–Crippen LogP) is 2.45. The lowest BCUT2D eigenvalue weighted by atomic mass is 9.91. The zero-order chi connectivity index (χ0) is 17.4. The summed E-state index contributed by atoms with van der Waals surface area (Å²) in [6.45, 7) is 2.72. The fourth-order valence-electron chi connectivity index (χ4n) is 2.87. The van der Waals surface area contributed by atoms with Crippen LogP contribution in [-0.2, 0) is 0 Å². The highest BCUT2D eigenvalue weighted by Crippen LogP contribution is 2.19. The molecule has 0 heterocycles. The van der Waals surface area contributed by atoms with Gasteiger partial charge in [0.25, 0.3) is 5.91 Å². The highest BCUT2D eigenvalue weighted by Gasteiger charge is 2.23. The Morgan fingerprint density at radius 2 is 1.62 bits per heavy atom. The summed E-state index contributed by atoms with van der Waals surface area (Å²) < 4.78 is 5.10. The predicted molar refractivity (Wildman–Crippen MR) is 93.3 cm³/mol. The molecular weight excluding hydrogens is 306 g/mol. The van der Waals surface area contributed by atoms with Crippen molar-refractivity contribution in [2.75, 3.05) is 13.7 Å². The van der Waals surface area contributed by atoms with E-state index in [1.807, 2.05) is 6.92 Å². The number of amides is 3. The van der Waals surface area contributed by atoms with E-state index in [0.29, 0.717) is 12.1 Å². The molecular formula is C18H27N3O3. The van der Waals surface area contributed by atoms with Gasteiger partial charge in [0.2, 0.25) is 0 Å². The van der Waals surface area contributed by atoms with Gasteiger partial charge in [-0.05, 0) is 56.4 Å². The van der Waals surface area contributed by atoms with Gasteiger partial charge < -0.3 is 20.7 Å². The van der Waals surface area contributed by atoms with Crippen molar-refractivity contribution in [2.24, 2.45) is 0 Å². The number of nitrogens with one attached hydrogen (secondary N) is 3. The number of hydrogen-bond donors (Lipinski definition) is 3. The first-order valence-electron chi connectivity index (χ1n) is 8.61. The molecule has 1 aromatic carbocycles. The summed E-state index contributed by atoms with van der Waals surface area (Å²) in [5, 5.41) is 8.89. The fourth-order valence-corrected chi connectivity index (χ4v) is 2.87. The normalized spacial score (nSPS) is 20.1. The first kappa shape index (κ1) is 18.1. The Labute approximate surface area is 143 Å². The van der Waals surface area contributed by atoms with Gasteiger partial charge in [-0.3, -0.25) is 4.79 Å². The van der Waals surface area contributed by atoms with Crippen LogP contribution < -0.4 is 20.7 Å². The monoisotopic (exact) mass is 333 g/mol. The number of rotatable bonds is 6. The van der Waals surface area contributed by atoms with E-state index in [9.17, 15) is 9.59 Å². The highest BCUT2D eigenvalue weighted by molar-refractivity contribution is 5.94. The minimum Gasteiger partial charge on any atom is -0.497 e. The standard InChI is InChI=1S/C18H27N3O3/c1-3-12-19-18(23)21-15-8-6-14(7-9-15)20-17(22)13-4-10-16(24-2)11-5-13/h4-5,10-11,14-15H,3,6-9,12H2,1-2H3,(H,20,22)(H2,19,21,23). The summed E-state index contributed by atoms with van der Waals surface area (Å²) in [7, 11) is 1.60. The van der Waals surface area contributed by atoms with E-state index >= 15 is 0 Å². The maximum atomic E-state index is 12.3. The molecule has 1 fully saturated rings. The van der Waals surface area contributed by atoms with Gasteiger partial charge in [0.1, 0.15) is 5.75 Å². The van der Waals surface area contributed by atoms with Crippen LogP contribution in [-0.4, -0.2) is 37.7 Å². The van der Waals surface area contributed by atoms with E-state index < -0.39 is 0 Å². The lowest BCUT2D eigenvalue weighted by Crippen LogP contribution is -2.46. The Morgan fingerprint density at radius 1 is 1.04 bits per heavy atom. The van der Waals surface area contributed by atoms with Crippen molar-refractivity contribution in [3.8, 4) is 5.75 Å². The van der Waals surface area contributed by atoms with Crippen LogP contribution in [0.1, 0.15) is 49.4 Å². The third-order valence-electron chi connectivity index (χ3n) is 4.29. The molecule has 1 aliphatic carbocycles. The molecule has 0 bridgehead atoms. The van der Waals surface area contributed by atoms with Gasteiger partial charge >= 0.3 is 6.03 Å². The largest absolute Gasteiger partial charge is 0.497 e. The zero-order valence-corrected chi connectivity index (χ0v) is 14.4. The first-order chi connectivity index (χ1) is 11.6. The summed E-state index contributed by atoms with van der Waals surface area (Å²) in [6, 6.07) is 7.35. The van der Waals surface area contributed by atoms with E-state index in [1.54, 1.807) is 31.4 Å². The molecule has 6 heteroatoms. The molecule has 0 aliphatic heterocycles. The van der Waals surface area contributed by atoms with Crippen LogP contribution in [0.5, 0.6) is 5.75 Å². The Morgan fingerprint density at radius 3 is 2.17 bits per heavy atom. The molecule has 0 radical (unpaired) electrons. The highest BCUT2D eigenvalue weighted by atomic mass is 16.5. The molecule has 2 rings (SSSR count). The quantitative estimate of drug-likeness (QED) is 0.748. The molecule has 0 atom stereocenters. The van der Waals surface area contributed by atoms with Gasteiger partial charge in [0.05, 0.1) is 7.11 Å². The summed E-state index contributed by atoms with van der Waals surface area (Å²) in [4.78, 5) is 23.9. The van der Waals surface area contributed by atoms with Crippen LogP contribution in [0, 0.1) is 0 Å². The van der Waals surface area contributed by atoms with E-state index in [-0.39, 0.29) is 24.0 Å². The third-order valence-corrected chi connectivity index (χ3v) is 4.29. The third kappa shape index (κ3) is 5.44. The fraction of sp³-hybridized carbons (Fsp3) is 0.556. The van der Waals surface area contributed by atoms with Gasteiger partial charge in [-0.25, -0.2) is 4.79 Å². The molecule has 6 nitrogen and oxygen atoms in total. The summed E-state index contributed by atoms with van der Waals surface area (Å²) in [5.74, 6) is 0.675. The van der Waals surface area contributed by atoms with Crippen LogP contribution in [0.15, 0.2) is 24.3 Å². The topological polar surface area (TPSA) is 79.5 Å². The van der Waals surface area contributed by atoms with Crippen LogP contribution >= 0.6 is 0 Å². The number of carbonyl (C=O) groups excluding carboxylic acids is 2. The van der Waals surface area contributed by atoms with Crippen LogP contribution in [0.4, 0.5) is 4.79 Å². The number of methoxy groups -OCH3 is 1. The van der Waals surface area contributed by atoms with Crippen molar-refractivity contribution < 1.29 is 14.3 Å². The van der Waals surface area contributed by atoms with Crippen molar-refractivity contribution in [1.29, 1.82) is 0 Å². The van der Waals surface area contributed by atoms with Crippen LogP contribution in [0.3, 0.4) is 0 Å².